The lowest BCUT2D eigenvalue weighted by molar-refractivity contribution is -0.00990. The number of hydrogen-bond acceptors (Lipinski definition) is 1. The number of hydrogen-bond donors (Lipinski definition) is 0. The van der Waals surface area contributed by atoms with Crippen LogP contribution >= 0.6 is 11.6 Å². The average molecular weight is 233 g/mol. The summed E-state index contributed by atoms with van der Waals surface area (Å²) in [5, 5.41) is 0. The van der Waals surface area contributed by atoms with Crippen LogP contribution in [0.2, 0.25) is 0 Å². The van der Waals surface area contributed by atoms with E-state index in [-0.39, 0.29) is 0 Å². The maximum atomic E-state index is 5.97. The molecule has 0 aromatic rings. The molecule has 1 saturated carbocycles. The zero-order chi connectivity index (χ0) is 11.1. The van der Waals surface area contributed by atoms with Crippen LogP contribution in [0.4, 0.5) is 0 Å². The summed E-state index contributed by atoms with van der Waals surface area (Å²) in [4.78, 5) is 0. The highest BCUT2D eigenvalue weighted by molar-refractivity contribution is 6.17. The molecule has 0 aromatic carbocycles. The molecule has 1 fully saturated rings. The summed E-state index contributed by atoms with van der Waals surface area (Å²) in [5.41, 5.74) is 0. The molecular weight excluding hydrogens is 208 g/mol. The van der Waals surface area contributed by atoms with Gasteiger partial charge in [0, 0.05) is 12.5 Å². The van der Waals surface area contributed by atoms with Crippen molar-refractivity contribution in [1.82, 2.24) is 0 Å². The Balaban J connectivity index is 2.08. The maximum Gasteiger partial charge on any atom is 0.0600 e. The normalized spacial score (nSPS) is 29.0. The van der Waals surface area contributed by atoms with Crippen molar-refractivity contribution < 1.29 is 4.74 Å². The van der Waals surface area contributed by atoms with Gasteiger partial charge in [-0.3, -0.25) is 0 Å². The highest BCUT2D eigenvalue weighted by Gasteiger charge is 2.21. The Morgan fingerprint density at radius 3 is 2.67 bits per heavy atom. The molecule has 0 heterocycles. The Morgan fingerprint density at radius 2 is 2.00 bits per heavy atom. The zero-order valence-corrected chi connectivity index (χ0v) is 10.9. The van der Waals surface area contributed by atoms with E-state index in [1.54, 1.807) is 0 Å². The van der Waals surface area contributed by atoms with Crippen LogP contribution < -0.4 is 0 Å². The molecule has 0 N–H and O–H groups in total. The smallest absolute Gasteiger partial charge is 0.0600 e. The Bertz CT molecular complexity index is 161. The summed E-state index contributed by atoms with van der Waals surface area (Å²) < 4.78 is 5.97. The molecule has 1 rings (SSSR count). The van der Waals surface area contributed by atoms with E-state index in [0.717, 1.165) is 31.2 Å². The van der Waals surface area contributed by atoms with E-state index in [1.807, 2.05) is 0 Å². The molecule has 2 heteroatoms. The van der Waals surface area contributed by atoms with E-state index in [9.17, 15) is 0 Å². The summed E-state index contributed by atoms with van der Waals surface area (Å²) in [6.07, 6.45) is 8.17. The molecule has 1 aliphatic rings. The monoisotopic (exact) mass is 232 g/mol. The van der Waals surface area contributed by atoms with Gasteiger partial charge in [-0.2, -0.15) is 0 Å². The lowest BCUT2D eigenvalue weighted by Crippen LogP contribution is -2.26. The second-order valence-corrected chi connectivity index (χ2v) is 5.42. The van der Waals surface area contributed by atoms with Gasteiger partial charge < -0.3 is 4.74 Å². The minimum atomic E-state index is 0.530. The van der Waals surface area contributed by atoms with Crippen LogP contribution in [0.15, 0.2) is 0 Å². The second-order valence-electron chi connectivity index (χ2n) is 5.04. The molecule has 15 heavy (non-hydrogen) atoms. The van der Waals surface area contributed by atoms with E-state index in [2.05, 4.69) is 13.8 Å². The van der Waals surface area contributed by atoms with Gasteiger partial charge in [0.1, 0.15) is 0 Å². The fourth-order valence-corrected chi connectivity index (χ4v) is 2.65. The molecule has 1 aliphatic carbocycles. The third kappa shape index (κ3) is 5.21. The predicted octanol–water partition coefficient (Wildman–Crippen LogP) is 4.24. The van der Waals surface area contributed by atoms with E-state index < -0.39 is 0 Å². The molecular formula is C13H25ClO. The minimum Gasteiger partial charge on any atom is -0.378 e. The van der Waals surface area contributed by atoms with Gasteiger partial charge in [0.05, 0.1) is 6.10 Å². The van der Waals surface area contributed by atoms with Crippen LogP contribution in [0.5, 0.6) is 0 Å². The molecule has 0 bridgehead atoms. The van der Waals surface area contributed by atoms with Crippen molar-refractivity contribution in [2.45, 2.75) is 58.5 Å². The molecule has 0 aliphatic heterocycles. The highest BCUT2D eigenvalue weighted by atomic mass is 35.5. The Labute approximate surface area is 99.5 Å². The number of halogens is 1. The first-order valence-electron chi connectivity index (χ1n) is 6.41. The van der Waals surface area contributed by atoms with Crippen molar-refractivity contribution in [2.75, 3.05) is 12.5 Å². The first-order chi connectivity index (χ1) is 7.24. The standard InChI is InChI=1S/C13H25ClO/c1-11(7-9-14)8-10-15-13-6-4-3-5-12(13)2/h11-13H,3-10H2,1-2H3. The quantitative estimate of drug-likeness (QED) is 0.623. The van der Waals surface area contributed by atoms with Crippen molar-refractivity contribution in [3.05, 3.63) is 0 Å². The number of ether oxygens (including phenoxy) is 1. The first kappa shape index (κ1) is 13.3. The Morgan fingerprint density at radius 1 is 1.27 bits per heavy atom. The fraction of sp³-hybridized carbons (Fsp3) is 1.00. The van der Waals surface area contributed by atoms with Crippen molar-refractivity contribution >= 4 is 11.6 Å². The summed E-state index contributed by atoms with van der Waals surface area (Å²) in [5.74, 6) is 2.25. The van der Waals surface area contributed by atoms with Crippen molar-refractivity contribution in [3.63, 3.8) is 0 Å². The molecule has 0 aromatic heterocycles. The predicted molar refractivity (Wildman–Crippen MR) is 66.5 cm³/mol. The van der Waals surface area contributed by atoms with Gasteiger partial charge in [0.15, 0.2) is 0 Å². The molecule has 1 nitrogen and oxygen atoms in total. The van der Waals surface area contributed by atoms with Gasteiger partial charge in [-0.05, 0) is 37.5 Å². The third-order valence-electron chi connectivity index (χ3n) is 3.58. The van der Waals surface area contributed by atoms with Gasteiger partial charge in [-0.1, -0.05) is 26.7 Å². The minimum absolute atomic E-state index is 0.530. The van der Waals surface area contributed by atoms with Crippen LogP contribution in [-0.4, -0.2) is 18.6 Å². The highest BCUT2D eigenvalue weighted by Crippen LogP contribution is 2.26. The summed E-state index contributed by atoms with van der Waals surface area (Å²) in [6.45, 7) is 5.51. The largest absolute Gasteiger partial charge is 0.378 e. The van der Waals surface area contributed by atoms with E-state index in [4.69, 9.17) is 16.3 Å². The zero-order valence-electron chi connectivity index (χ0n) is 10.2. The van der Waals surface area contributed by atoms with Crippen LogP contribution in [0.1, 0.15) is 52.4 Å². The molecule has 0 saturated heterocycles. The van der Waals surface area contributed by atoms with Crippen molar-refractivity contribution in [3.8, 4) is 0 Å². The summed E-state index contributed by atoms with van der Waals surface area (Å²) in [7, 11) is 0. The van der Waals surface area contributed by atoms with Crippen LogP contribution in [0.3, 0.4) is 0 Å². The number of alkyl halides is 1. The lowest BCUT2D eigenvalue weighted by Gasteiger charge is -2.29. The van der Waals surface area contributed by atoms with E-state index >= 15 is 0 Å². The van der Waals surface area contributed by atoms with Crippen LogP contribution in [-0.2, 0) is 4.74 Å². The molecule has 0 spiro atoms. The maximum absolute atomic E-state index is 5.97. The first-order valence-corrected chi connectivity index (χ1v) is 6.95. The summed E-state index contributed by atoms with van der Waals surface area (Å²) in [6, 6.07) is 0. The topological polar surface area (TPSA) is 9.23 Å². The lowest BCUT2D eigenvalue weighted by atomic mass is 9.88. The Kier molecular flexibility index (Phi) is 6.67. The summed E-state index contributed by atoms with van der Waals surface area (Å²) >= 11 is 5.71. The van der Waals surface area contributed by atoms with Gasteiger partial charge >= 0.3 is 0 Å². The van der Waals surface area contributed by atoms with Gasteiger partial charge in [0.2, 0.25) is 0 Å². The molecule has 0 amide bonds. The molecule has 3 atom stereocenters. The van der Waals surface area contributed by atoms with Crippen LogP contribution in [0, 0.1) is 11.8 Å². The fourth-order valence-electron chi connectivity index (χ4n) is 2.28. The van der Waals surface area contributed by atoms with E-state index in [0.29, 0.717) is 12.0 Å². The SMILES string of the molecule is CC(CCCl)CCOC1CCCCC1C. The average Bonchev–Trinajstić information content (AvgIpc) is 2.21. The van der Waals surface area contributed by atoms with Gasteiger partial charge in [-0.15, -0.1) is 11.6 Å². The third-order valence-corrected chi connectivity index (χ3v) is 3.80. The molecule has 90 valence electrons. The second kappa shape index (κ2) is 7.51. The van der Waals surface area contributed by atoms with Gasteiger partial charge in [0.25, 0.3) is 0 Å². The molecule has 3 unspecified atom stereocenters. The Hall–Kier alpha value is 0.250. The molecule has 0 radical (unpaired) electrons. The van der Waals surface area contributed by atoms with E-state index in [1.165, 1.54) is 25.7 Å². The number of rotatable bonds is 6. The van der Waals surface area contributed by atoms with Crippen molar-refractivity contribution in [1.29, 1.82) is 0 Å². The van der Waals surface area contributed by atoms with Crippen molar-refractivity contribution in [2.24, 2.45) is 11.8 Å². The van der Waals surface area contributed by atoms with Gasteiger partial charge in [-0.25, -0.2) is 0 Å². The van der Waals surface area contributed by atoms with Crippen LogP contribution in [0.25, 0.3) is 0 Å².